The van der Waals surface area contributed by atoms with E-state index < -0.39 is 0 Å². The van der Waals surface area contributed by atoms with Crippen LogP contribution >= 0.6 is 24.8 Å². The molecule has 0 spiro atoms. The van der Waals surface area contributed by atoms with Gasteiger partial charge in [0.15, 0.2) is 5.11 Å². The Morgan fingerprint density at radius 3 is 2.59 bits per heavy atom. The fourth-order valence-corrected chi connectivity index (χ4v) is 2.42. The van der Waals surface area contributed by atoms with E-state index in [1.807, 2.05) is 37.3 Å². The van der Waals surface area contributed by atoms with Crippen LogP contribution < -0.4 is 15.4 Å². The largest absolute Gasteiger partial charge is 0.496 e. The van der Waals surface area contributed by atoms with Gasteiger partial charge in [-0.15, -0.1) is 12.6 Å². The van der Waals surface area contributed by atoms with Crippen LogP contribution in [0.5, 0.6) is 5.75 Å². The summed E-state index contributed by atoms with van der Waals surface area (Å²) in [6.45, 7) is 1.88. The highest BCUT2D eigenvalue weighted by molar-refractivity contribution is 7.81. The quantitative estimate of drug-likeness (QED) is 0.595. The summed E-state index contributed by atoms with van der Waals surface area (Å²) < 4.78 is 5.28. The van der Waals surface area contributed by atoms with Crippen molar-refractivity contribution in [2.24, 2.45) is 0 Å². The van der Waals surface area contributed by atoms with Crippen molar-refractivity contribution in [1.29, 1.82) is 0 Å². The number of carbonyl (C=O) groups is 1. The SMILES string of the molecule is COc1c(C)cccc1C(=O)NC(=S)Nc1ccccc1S. The number of hydrogen-bond acceptors (Lipinski definition) is 4. The lowest BCUT2D eigenvalue weighted by atomic mass is 10.1. The van der Waals surface area contributed by atoms with E-state index in [0.717, 1.165) is 16.1 Å². The first kappa shape index (κ1) is 16.3. The molecule has 0 aliphatic carbocycles. The van der Waals surface area contributed by atoms with Gasteiger partial charge in [0.1, 0.15) is 5.75 Å². The molecule has 0 heterocycles. The molecule has 0 aliphatic heterocycles. The van der Waals surface area contributed by atoms with Crippen molar-refractivity contribution in [3.8, 4) is 5.75 Å². The Labute approximate surface area is 140 Å². The van der Waals surface area contributed by atoms with E-state index in [2.05, 4.69) is 23.3 Å². The molecular weight excluding hydrogens is 316 g/mol. The van der Waals surface area contributed by atoms with Crippen LogP contribution in [0.15, 0.2) is 47.4 Å². The van der Waals surface area contributed by atoms with Crippen molar-refractivity contribution in [3.05, 3.63) is 53.6 Å². The monoisotopic (exact) mass is 332 g/mol. The minimum atomic E-state index is -0.324. The number of thiol groups is 1. The standard InChI is InChI=1S/C16H16N2O2S2/c1-10-6-5-7-11(14(10)20-2)15(19)18-16(22)17-12-8-3-4-9-13(12)21/h3-9,21H,1-2H3,(H2,17,18,19,22). The van der Waals surface area contributed by atoms with Crippen molar-refractivity contribution in [1.82, 2.24) is 5.32 Å². The van der Waals surface area contributed by atoms with Crippen LogP contribution in [0.2, 0.25) is 0 Å². The van der Waals surface area contributed by atoms with E-state index in [9.17, 15) is 4.79 Å². The Balaban J connectivity index is 2.11. The van der Waals surface area contributed by atoms with Crippen LogP contribution in [-0.4, -0.2) is 18.1 Å². The van der Waals surface area contributed by atoms with Gasteiger partial charge in [-0.05, 0) is 42.9 Å². The van der Waals surface area contributed by atoms with Crippen LogP contribution in [-0.2, 0) is 0 Å². The first-order valence-corrected chi connectivity index (χ1v) is 7.42. The second-order valence-electron chi connectivity index (χ2n) is 4.58. The number of benzene rings is 2. The molecule has 0 aliphatic rings. The molecule has 0 aromatic heterocycles. The average Bonchev–Trinajstić information content (AvgIpc) is 2.49. The van der Waals surface area contributed by atoms with Gasteiger partial charge in [0.05, 0.1) is 18.4 Å². The van der Waals surface area contributed by atoms with Gasteiger partial charge in [-0.2, -0.15) is 0 Å². The lowest BCUT2D eigenvalue weighted by molar-refractivity contribution is 0.0974. The molecule has 0 radical (unpaired) electrons. The number of rotatable bonds is 3. The molecule has 6 heteroatoms. The fraction of sp³-hybridized carbons (Fsp3) is 0.125. The van der Waals surface area contributed by atoms with Crippen molar-refractivity contribution < 1.29 is 9.53 Å². The molecule has 2 aromatic carbocycles. The summed E-state index contributed by atoms with van der Waals surface area (Å²) >= 11 is 9.49. The van der Waals surface area contributed by atoms with Gasteiger partial charge in [-0.3, -0.25) is 10.1 Å². The predicted molar refractivity (Wildman–Crippen MR) is 95.1 cm³/mol. The van der Waals surface area contributed by atoms with Crippen LogP contribution in [0.25, 0.3) is 0 Å². The van der Waals surface area contributed by atoms with Gasteiger partial charge in [-0.25, -0.2) is 0 Å². The van der Waals surface area contributed by atoms with E-state index >= 15 is 0 Å². The topological polar surface area (TPSA) is 50.4 Å². The van der Waals surface area contributed by atoms with Crippen LogP contribution in [0, 0.1) is 6.92 Å². The third-order valence-electron chi connectivity index (χ3n) is 3.04. The van der Waals surface area contributed by atoms with Gasteiger partial charge in [-0.1, -0.05) is 24.3 Å². The number of anilines is 1. The summed E-state index contributed by atoms with van der Waals surface area (Å²) in [6.07, 6.45) is 0. The molecule has 2 rings (SSSR count). The molecule has 0 fully saturated rings. The van der Waals surface area contributed by atoms with E-state index in [4.69, 9.17) is 17.0 Å². The van der Waals surface area contributed by atoms with Gasteiger partial charge in [0.2, 0.25) is 0 Å². The molecule has 0 saturated heterocycles. The van der Waals surface area contributed by atoms with Crippen molar-refractivity contribution in [2.75, 3.05) is 12.4 Å². The van der Waals surface area contributed by atoms with Crippen molar-refractivity contribution in [2.45, 2.75) is 11.8 Å². The zero-order valence-electron chi connectivity index (χ0n) is 12.2. The number of hydrogen-bond donors (Lipinski definition) is 3. The average molecular weight is 332 g/mol. The maximum atomic E-state index is 12.3. The Hall–Kier alpha value is -2.05. The minimum Gasteiger partial charge on any atom is -0.496 e. The van der Waals surface area contributed by atoms with Gasteiger partial charge >= 0.3 is 0 Å². The Morgan fingerprint density at radius 2 is 1.91 bits per heavy atom. The lowest BCUT2D eigenvalue weighted by Crippen LogP contribution is -2.34. The highest BCUT2D eigenvalue weighted by Gasteiger charge is 2.15. The first-order valence-electron chi connectivity index (χ1n) is 6.57. The number of ether oxygens (including phenoxy) is 1. The summed E-state index contributed by atoms with van der Waals surface area (Å²) in [5.74, 6) is 0.215. The zero-order valence-corrected chi connectivity index (χ0v) is 13.9. The molecule has 0 atom stereocenters. The lowest BCUT2D eigenvalue weighted by Gasteiger charge is -2.13. The Bertz CT molecular complexity index is 717. The maximum Gasteiger partial charge on any atom is 0.261 e. The zero-order chi connectivity index (χ0) is 16.1. The Kier molecular flexibility index (Phi) is 5.41. The molecule has 2 aromatic rings. The molecule has 1 amide bonds. The van der Waals surface area contributed by atoms with Gasteiger partial charge < -0.3 is 10.1 Å². The number of para-hydroxylation sites is 2. The number of thiocarbonyl (C=S) groups is 1. The van der Waals surface area contributed by atoms with E-state index in [1.54, 1.807) is 12.1 Å². The first-order chi connectivity index (χ1) is 10.5. The molecule has 4 nitrogen and oxygen atoms in total. The second kappa shape index (κ2) is 7.29. The van der Waals surface area contributed by atoms with Crippen LogP contribution in [0.1, 0.15) is 15.9 Å². The molecule has 114 valence electrons. The molecule has 0 bridgehead atoms. The summed E-state index contributed by atoms with van der Waals surface area (Å²) in [4.78, 5) is 13.1. The number of amides is 1. The van der Waals surface area contributed by atoms with E-state index in [1.165, 1.54) is 7.11 Å². The van der Waals surface area contributed by atoms with E-state index in [-0.39, 0.29) is 11.0 Å². The van der Waals surface area contributed by atoms with Crippen LogP contribution in [0.3, 0.4) is 0 Å². The summed E-state index contributed by atoms with van der Waals surface area (Å²) in [7, 11) is 1.53. The number of aryl methyl sites for hydroxylation is 1. The molecule has 22 heavy (non-hydrogen) atoms. The smallest absolute Gasteiger partial charge is 0.261 e. The molecule has 2 N–H and O–H groups in total. The highest BCUT2D eigenvalue weighted by atomic mass is 32.1. The third-order valence-corrected chi connectivity index (χ3v) is 3.63. The maximum absolute atomic E-state index is 12.3. The molecular formula is C16H16N2O2S2. The number of methoxy groups -OCH3 is 1. The van der Waals surface area contributed by atoms with E-state index in [0.29, 0.717) is 11.3 Å². The Morgan fingerprint density at radius 1 is 1.18 bits per heavy atom. The summed E-state index contributed by atoms with van der Waals surface area (Å²) in [5, 5.41) is 5.79. The number of carbonyl (C=O) groups excluding carboxylic acids is 1. The highest BCUT2D eigenvalue weighted by Crippen LogP contribution is 2.23. The second-order valence-corrected chi connectivity index (χ2v) is 5.47. The molecule has 0 saturated carbocycles. The summed E-state index contributed by atoms with van der Waals surface area (Å²) in [6, 6.07) is 12.8. The van der Waals surface area contributed by atoms with Crippen LogP contribution in [0.4, 0.5) is 5.69 Å². The summed E-state index contributed by atoms with van der Waals surface area (Å²) in [5.41, 5.74) is 2.05. The van der Waals surface area contributed by atoms with Crippen molar-refractivity contribution in [3.63, 3.8) is 0 Å². The van der Waals surface area contributed by atoms with Gasteiger partial charge in [0.25, 0.3) is 5.91 Å². The third kappa shape index (κ3) is 3.78. The fourth-order valence-electron chi connectivity index (χ4n) is 2.01. The minimum absolute atomic E-state index is 0.204. The predicted octanol–water partition coefficient (Wildman–Crippen LogP) is 3.42. The van der Waals surface area contributed by atoms with Gasteiger partial charge in [0, 0.05) is 4.90 Å². The molecule has 0 unspecified atom stereocenters. The normalized spacial score (nSPS) is 9.95. The van der Waals surface area contributed by atoms with Crippen molar-refractivity contribution >= 4 is 41.6 Å². The number of nitrogens with one attached hydrogen (secondary N) is 2.